The van der Waals surface area contributed by atoms with Crippen molar-refractivity contribution in [1.29, 1.82) is 0 Å². The van der Waals surface area contributed by atoms with E-state index in [0.717, 1.165) is 16.1 Å². The number of carbonyl (C=O) groups is 1. The number of nitrogens with one attached hydrogen (secondary N) is 1. The first-order valence-corrected chi connectivity index (χ1v) is 10.6. The van der Waals surface area contributed by atoms with Crippen LogP contribution >= 0.6 is 23.1 Å². The summed E-state index contributed by atoms with van der Waals surface area (Å²) in [5.41, 5.74) is 2.00. The van der Waals surface area contributed by atoms with Gasteiger partial charge in [0.2, 0.25) is 11.1 Å². The van der Waals surface area contributed by atoms with Gasteiger partial charge < -0.3 is 5.32 Å². The van der Waals surface area contributed by atoms with Crippen molar-refractivity contribution in [2.24, 2.45) is 0 Å². The molecule has 0 spiro atoms. The molecule has 1 amide bonds. The topological polar surface area (TPSA) is 59.8 Å². The lowest BCUT2D eigenvalue weighted by molar-refractivity contribution is -0.119. The number of hydrogen-bond acceptors (Lipinski definition) is 5. The van der Waals surface area contributed by atoms with Gasteiger partial charge in [-0.2, -0.15) is 0 Å². The second-order valence-corrected chi connectivity index (χ2v) is 7.94. The molecule has 4 aromatic rings. The van der Waals surface area contributed by atoms with Crippen LogP contribution in [0.4, 0.5) is 0 Å². The summed E-state index contributed by atoms with van der Waals surface area (Å²) in [7, 11) is 0. The molecule has 0 fully saturated rings. The summed E-state index contributed by atoms with van der Waals surface area (Å²) in [4.78, 5) is 18.0. The molecule has 2 heterocycles. The summed E-state index contributed by atoms with van der Waals surface area (Å²) >= 11 is 2.96. The van der Waals surface area contributed by atoms with Gasteiger partial charge in [0.05, 0.1) is 17.5 Å². The van der Waals surface area contributed by atoms with Crippen LogP contribution in [-0.2, 0) is 4.79 Å². The first-order valence-electron chi connectivity index (χ1n) is 8.77. The van der Waals surface area contributed by atoms with Crippen LogP contribution in [0.1, 0.15) is 16.5 Å². The summed E-state index contributed by atoms with van der Waals surface area (Å²) in [6.07, 6.45) is 1.66. The van der Waals surface area contributed by atoms with E-state index in [-0.39, 0.29) is 17.7 Å². The van der Waals surface area contributed by atoms with Gasteiger partial charge in [-0.15, -0.1) is 16.4 Å². The zero-order valence-electron chi connectivity index (χ0n) is 14.9. The van der Waals surface area contributed by atoms with Gasteiger partial charge in [0, 0.05) is 4.88 Å². The summed E-state index contributed by atoms with van der Waals surface area (Å²) in [5, 5.41) is 10.2. The second-order valence-electron chi connectivity index (χ2n) is 6.02. The highest BCUT2D eigenvalue weighted by molar-refractivity contribution is 7.99. The Hall–Kier alpha value is -2.90. The van der Waals surface area contributed by atoms with Crippen molar-refractivity contribution in [2.45, 2.75) is 11.2 Å². The minimum Gasteiger partial charge on any atom is -0.344 e. The van der Waals surface area contributed by atoms with Crippen molar-refractivity contribution in [3.63, 3.8) is 0 Å². The molecule has 7 heteroatoms. The molecule has 4 rings (SSSR count). The van der Waals surface area contributed by atoms with Gasteiger partial charge in [0.25, 0.3) is 0 Å². The van der Waals surface area contributed by atoms with Crippen LogP contribution in [-0.4, -0.2) is 26.4 Å². The maximum Gasteiger partial charge on any atom is 0.231 e. The van der Waals surface area contributed by atoms with E-state index in [1.807, 2.05) is 78.2 Å². The van der Waals surface area contributed by atoms with E-state index >= 15 is 0 Å². The molecule has 0 aliphatic carbocycles. The maximum atomic E-state index is 12.6. The number of rotatable bonds is 7. The number of amides is 1. The number of benzene rings is 2. The largest absolute Gasteiger partial charge is 0.344 e. The molecule has 0 bridgehead atoms. The molecule has 0 aliphatic rings. The highest BCUT2D eigenvalue weighted by Gasteiger charge is 2.18. The monoisotopic (exact) mass is 406 g/mol. The van der Waals surface area contributed by atoms with Crippen molar-refractivity contribution in [2.75, 3.05) is 5.75 Å². The van der Waals surface area contributed by atoms with E-state index < -0.39 is 0 Å². The van der Waals surface area contributed by atoms with E-state index in [0.29, 0.717) is 5.16 Å². The fourth-order valence-corrected chi connectivity index (χ4v) is 4.19. The number of para-hydroxylation sites is 1. The molecule has 28 heavy (non-hydrogen) atoms. The minimum atomic E-state index is -0.149. The van der Waals surface area contributed by atoms with Crippen LogP contribution in [0.25, 0.3) is 5.69 Å². The molecule has 1 unspecified atom stereocenters. The number of thioether (sulfide) groups is 1. The Morgan fingerprint density at radius 2 is 1.79 bits per heavy atom. The zero-order chi connectivity index (χ0) is 19.2. The van der Waals surface area contributed by atoms with E-state index in [4.69, 9.17) is 0 Å². The van der Waals surface area contributed by atoms with E-state index in [1.165, 1.54) is 11.8 Å². The Morgan fingerprint density at radius 3 is 2.50 bits per heavy atom. The lowest BCUT2D eigenvalue weighted by atomic mass is 10.1. The lowest BCUT2D eigenvalue weighted by Gasteiger charge is -2.17. The lowest BCUT2D eigenvalue weighted by Crippen LogP contribution is -2.30. The van der Waals surface area contributed by atoms with Gasteiger partial charge in [0.1, 0.15) is 6.33 Å². The third-order valence-corrected chi connectivity index (χ3v) is 5.88. The van der Waals surface area contributed by atoms with Gasteiger partial charge in [0.15, 0.2) is 0 Å². The quantitative estimate of drug-likeness (QED) is 0.464. The molecule has 0 saturated heterocycles. The summed E-state index contributed by atoms with van der Waals surface area (Å²) in [6, 6.07) is 23.7. The highest BCUT2D eigenvalue weighted by atomic mass is 32.2. The normalized spacial score (nSPS) is 11.9. The number of hydrogen-bond donors (Lipinski definition) is 1. The van der Waals surface area contributed by atoms with Crippen LogP contribution in [0, 0.1) is 0 Å². The minimum absolute atomic E-state index is 0.0525. The molecule has 2 aromatic carbocycles. The van der Waals surface area contributed by atoms with Crippen molar-refractivity contribution in [3.05, 3.63) is 94.9 Å². The average molecular weight is 407 g/mol. The molecular formula is C21H18N4OS2. The number of nitrogens with zero attached hydrogens (tertiary/aromatic N) is 3. The molecule has 140 valence electrons. The molecule has 0 saturated carbocycles. The Bertz CT molecular complexity index is 1020. The number of aromatic nitrogens is 3. The van der Waals surface area contributed by atoms with Crippen LogP contribution < -0.4 is 5.32 Å². The average Bonchev–Trinajstić information content (AvgIpc) is 3.44. The third-order valence-electron chi connectivity index (χ3n) is 4.09. The first-order chi connectivity index (χ1) is 13.8. The molecular weight excluding hydrogens is 388 g/mol. The van der Waals surface area contributed by atoms with Gasteiger partial charge in [-0.1, -0.05) is 66.4 Å². The Morgan fingerprint density at radius 1 is 1.04 bits per heavy atom. The van der Waals surface area contributed by atoms with Gasteiger partial charge in [-0.3, -0.25) is 4.79 Å². The summed E-state index contributed by atoms with van der Waals surface area (Å²) in [6.45, 7) is 0. The van der Waals surface area contributed by atoms with Gasteiger partial charge in [-0.05, 0) is 29.1 Å². The van der Waals surface area contributed by atoms with Crippen LogP contribution in [0.5, 0.6) is 0 Å². The molecule has 1 atom stereocenters. The third kappa shape index (κ3) is 4.49. The van der Waals surface area contributed by atoms with E-state index in [9.17, 15) is 4.79 Å². The highest BCUT2D eigenvalue weighted by Crippen LogP contribution is 2.26. The van der Waals surface area contributed by atoms with Crippen LogP contribution in [0.15, 0.2) is 89.7 Å². The second kappa shape index (κ2) is 8.86. The van der Waals surface area contributed by atoms with Crippen molar-refractivity contribution in [1.82, 2.24) is 20.1 Å². The maximum absolute atomic E-state index is 12.6. The van der Waals surface area contributed by atoms with Crippen molar-refractivity contribution < 1.29 is 4.79 Å². The first kappa shape index (κ1) is 18.5. The standard InChI is InChI=1S/C21H18N4OS2/c26-19(14-28-21-22-15-25(24-21)17-10-5-2-6-11-17)23-20(18-12-7-13-27-18)16-8-3-1-4-9-16/h1-13,15,20H,14H2,(H,23,26). The SMILES string of the molecule is O=C(CSc1ncn(-c2ccccc2)n1)NC(c1ccccc1)c1cccs1. The Labute approximate surface area is 171 Å². The Kier molecular flexibility index (Phi) is 5.84. The summed E-state index contributed by atoms with van der Waals surface area (Å²) < 4.78 is 1.71. The smallest absolute Gasteiger partial charge is 0.231 e. The van der Waals surface area contributed by atoms with Crippen LogP contribution in [0.3, 0.4) is 0 Å². The van der Waals surface area contributed by atoms with E-state index in [1.54, 1.807) is 22.3 Å². The van der Waals surface area contributed by atoms with E-state index in [2.05, 4.69) is 15.4 Å². The number of thiophene rings is 1. The zero-order valence-corrected chi connectivity index (χ0v) is 16.6. The van der Waals surface area contributed by atoms with Gasteiger partial charge >= 0.3 is 0 Å². The predicted octanol–water partition coefficient (Wildman–Crippen LogP) is 4.33. The predicted molar refractivity (Wildman–Crippen MR) is 113 cm³/mol. The molecule has 5 nitrogen and oxygen atoms in total. The number of carbonyl (C=O) groups excluding carboxylic acids is 1. The van der Waals surface area contributed by atoms with Crippen LogP contribution in [0.2, 0.25) is 0 Å². The molecule has 0 radical (unpaired) electrons. The van der Waals surface area contributed by atoms with Crippen molar-refractivity contribution >= 4 is 29.0 Å². The van der Waals surface area contributed by atoms with Gasteiger partial charge in [-0.25, -0.2) is 9.67 Å². The molecule has 0 aliphatic heterocycles. The summed E-state index contributed by atoms with van der Waals surface area (Å²) in [5.74, 6) is 0.205. The fraction of sp³-hybridized carbons (Fsp3) is 0.0952. The molecule has 2 aromatic heterocycles. The van der Waals surface area contributed by atoms with Crippen molar-refractivity contribution in [3.8, 4) is 5.69 Å². The fourth-order valence-electron chi connectivity index (χ4n) is 2.77. The Balaban J connectivity index is 1.40. The molecule has 1 N–H and O–H groups in total.